The third-order valence-corrected chi connectivity index (χ3v) is 6.33. The van der Waals surface area contributed by atoms with Gasteiger partial charge >= 0.3 is 0 Å². The van der Waals surface area contributed by atoms with Crippen LogP contribution >= 0.6 is 11.8 Å². The maximum absolute atomic E-state index is 11.4. The number of primary amides is 1. The molecule has 28 heavy (non-hydrogen) atoms. The lowest BCUT2D eigenvalue weighted by Gasteiger charge is -2.24. The number of hydrogen-bond acceptors (Lipinski definition) is 3. The van der Waals surface area contributed by atoms with E-state index in [4.69, 9.17) is 5.73 Å². The molecule has 1 unspecified atom stereocenters. The molecule has 0 saturated carbocycles. The third-order valence-electron chi connectivity index (χ3n) is 5.29. The van der Waals surface area contributed by atoms with Crippen LogP contribution in [0.1, 0.15) is 34.3 Å². The van der Waals surface area contributed by atoms with Crippen LogP contribution in [0.15, 0.2) is 60.8 Å². The number of rotatable bonds is 7. The molecule has 0 fully saturated rings. The highest BCUT2D eigenvalue weighted by Crippen LogP contribution is 2.27. The Hall–Kier alpha value is -2.50. The van der Waals surface area contributed by atoms with Crippen molar-refractivity contribution < 1.29 is 4.79 Å². The second-order valence-corrected chi connectivity index (χ2v) is 8.29. The molecule has 2 heterocycles. The second kappa shape index (κ2) is 8.67. The zero-order valence-electron chi connectivity index (χ0n) is 15.8. The minimum absolute atomic E-state index is 0.382. The van der Waals surface area contributed by atoms with Crippen LogP contribution in [0, 0.1) is 0 Å². The Balaban J connectivity index is 1.30. The first-order valence-corrected chi connectivity index (χ1v) is 10.8. The van der Waals surface area contributed by atoms with E-state index >= 15 is 0 Å². The van der Waals surface area contributed by atoms with Gasteiger partial charge in [0.1, 0.15) is 0 Å². The number of fused-ring (bicyclic) bond motifs is 1. The van der Waals surface area contributed by atoms with Crippen molar-refractivity contribution in [3.8, 4) is 0 Å². The molecule has 4 rings (SSSR count). The Kier molecular flexibility index (Phi) is 5.84. The molecule has 1 amide bonds. The molecular formula is C23H25N3OS. The predicted octanol–water partition coefficient (Wildman–Crippen LogP) is 4.34. The van der Waals surface area contributed by atoms with E-state index in [-0.39, 0.29) is 5.91 Å². The van der Waals surface area contributed by atoms with Crippen LogP contribution in [0.2, 0.25) is 0 Å². The van der Waals surface area contributed by atoms with E-state index in [1.165, 1.54) is 16.7 Å². The van der Waals surface area contributed by atoms with Crippen molar-refractivity contribution in [1.29, 1.82) is 0 Å². The summed E-state index contributed by atoms with van der Waals surface area (Å²) >= 11 is 1.94. The average Bonchev–Trinajstić information content (AvgIpc) is 3.14. The van der Waals surface area contributed by atoms with Crippen LogP contribution in [-0.4, -0.2) is 29.2 Å². The molecule has 0 bridgehead atoms. The molecular weight excluding hydrogens is 366 g/mol. The molecule has 5 heteroatoms. The van der Waals surface area contributed by atoms with E-state index < -0.39 is 0 Å². The van der Waals surface area contributed by atoms with E-state index in [0.29, 0.717) is 11.6 Å². The summed E-state index contributed by atoms with van der Waals surface area (Å²) < 4.78 is 0. The smallest absolute Gasteiger partial charge is 0.248 e. The number of thioether (sulfide) groups is 1. The fraction of sp³-hybridized carbons (Fsp3) is 0.261. The Morgan fingerprint density at radius 2 is 2.04 bits per heavy atom. The van der Waals surface area contributed by atoms with Crippen LogP contribution in [0.4, 0.5) is 0 Å². The summed E-state index contributed by atoms with van der Waals surface area (Å²) in [5.74, 6) is 1.64. The number of benzene rings is 2. The van der Waals surface area contributed by atoms with Crippen molar-refractivity contribution in [2.45, 2.75) is 24.6 Å². The summed E-state index contributed by atoms with van der Waals surface area (Å²) in [6.45, 7) is 0.942. The number of aromatic amines is 1. The minimum Gasteiger partial charge on any atom is -0.366 e. The van der Waals surface area contributed by atoms with Crippen molar-refractivity contribution >= 4 is 34.1 Å². The zero-order valence-corrected chi connectivity index (χ0v) is 16.6. The van der Waals surface area contributed by atoms with Crippen LogP contribution < -0.4 is 11.1 Å². The first-order valence-electron chi connectivity index (χ1n) is 9.66. The first kappa shape index (κ1) is 18.8. The first-order chi connectivity index (χ1) is 13.7. The van der Waals surface area contributed by atoms with Crippen LogP contribution in [0.25, 0.3) is 16.5 Å². The molecule has 1 aliphatic rings. The number of carbonyl (C=O) groups excluding carboxylic acids is 1. The summed E-state index contributed by atoms with van der Waals surface area (Å²) in [5.41, 5.74) is 11.0. The largest absolute Gasteiger partial charge is 0.366 e. The maximum Gasteiger partial charge on any atom is 0.248 e. The van der Waals surface area contributed by atoms with Crippen LogP contribution in [0.3, 0.4) is 0 Å². The fourth-order valence-electron chi connectivity index (χ4n) is 3.72. The van der Waals surface area contributed by atoms with Crippen molar-refractivity contribution in [2.24, 2.45) is 5.73 Å². The molecule has 4 nitrogen and oxygen atoms in total. The SMILES string of the molecule is NC(=O)c1ccc2[nH]cc(CSCCC3CC(c4ccccc4)=CCN3)c2c1. The standard InChI is InChI=1S/C23H25N3OS/c24-23(27)18-6-7-22-21(13-18)19(14-26-22)15-28-11-9-20-12-17(8-10-25-20)16-4-2-1-3-5-16/h1-8,13-14,20,25-26H,9-12,15H2,(H2,24,27). The summed E-state index contributed by atoms with van der Waals surface area (Å²) in [7, 11) is 0. The molecule has 3 aromatic rings. The van der Waals surface area contributed by atoms with Gasteiger partial charge in [0.2, 0.25) is 5.91 Å². The van der Waals surface area contributed by atoms with Crippen molar-refractivity contribution in [2.75, 3.05) is 12.3 Å². The van der Waals surface area contributed by atoms with Gasteiger partial charge in [0, 0.05) is 41.0 Å². The van der Waals surface area contributed by atoms with E-state index in [0.717, 1.165) is 41.8 Å². The summed E-state index contributed by atoms with van der Waals surface area (Å²) in [6.07, 6.45) is 6.57. The summed E-state index contributed by atoms with van der Waals surface area (Å²) in [6, 6.07) is 16.8. The van der Waals surface area contributed by atoms with Crippen molar-refractivity contribution in [1.82, 2.24) is 10.3 Å². The number of H-pyrrole nitrogens is 1. The maximum atomic E-state index is 11.4. The van der Waals surface area contributed by atoms with Gasteiger partial charge in [-0.05, 0) is 53.5 Å². The van der Waals surface area contributed by atoms with E-state index in [1.54, 1.807) is 6.07 Å². The molecule has 1 atom stereocenters. The van der Waals surface area contributed by atoms with E-state index in [2.05, 4.69) is 46.7 Å². The number of nitrogens with two attached hydrogens (primary N) is 1. The quantitative estimate of drug-likeness (QED) is 0.525. The Morgan fingerprint density at radius 3 is 2.86 bits per heavy atom. The molecule has 144 valence electrons. The van der Waals surface area contributed by atoms with Gasteiger partial charge in [-0.3, -0.25) is 4.79 Å². The predicted molar refractivity (Wildman–Crippen MR) is 118 cm³/mol. The fourth-order valence-corrected chi connectivity index (χ4v) is 4.77. The van der Waals surface area contributed by atoms with Gasteiger partial charge in [-0.25, -0.2) is 0 Å². The number of hydrogen-bond donors (Lipinski definition) is 3. The molecule has 4 N–H and O–H groups in total. The van der Waals surface area contributed by atoms with Crippen molar-refractivity contribution in [3.05, 3.63) is 77.5 Å². The number of carbonyl (C=O) groups is 1. The van der Waals surface area contributed by atoms with Gasteiger partial charge in [0.25, 0.3) is 0 Å². The highest BCUT2D eigenvalue weighted by Gasteiger charge is 2.16. The van der Waals surface area contributed by atoms with Gasteiger partial charge in [-0.1, -0.05) is 36.4 Å². The van der Waals surface area contributed by atoms with Crippen LogP contribution in [-0.2, 0) is 5.75 Å². The number of nitrogens with one attached hydrogen (secondary N) is 2. The Bertz CT molecular complexity index is 994. The second-order valence-electron chi connectivity index (χ2n) is 7.18. The molecule has 0 radical (unpaired) electrons. The van der Waals surface area contributed by atoms with Gasteiger partial charge in [-0.15, -0.1) is 0 Å². The van der Waals surface area contributed by atoms with E-state index in [1.807, 2.05) is 30.1 Å². The van der Waals surface area contributed by atoms with Gasteiger partial charge in [-0.2, -0.15) is 11.8 Å². The average molecular weight is 392 g/mol. The summed E-state index contributed by atoms with van der Waals surface area (Å²) in [5, 5.41) is 4.71. The highest BCUT2D eigenvalue weighted by atomic mass is 32.2. The Labute approximate surface area is 169 Å². The lowest BCUT2D eigenvalue weighted by molar-refractivity contribution is 0.100. The Morgan fingerprint density at radius 1 is 1.18 bits per heavy atom. The zero-order chi connectivity index (χ0) is 19.3. The minimum atomic E-state index is -0.382. The van der Waals surface area contributed by atoms with Crippen LogP contribution in [0.5, 0.6) is 0 Å². The number of amides is 1. The van der Waals surface area contributed by atoms with Crippen molar-refractivity contribution in [3.63, 3.8) is 0 Å². The monoisotopic (exact) mass is 391 g/mol. The molecule has 1 aromatic heterocycles. The summed E-state index contributed by atoms with van der Waals surface area (Å²) in [4.78, 5) is 14.7. The molecule has 0 saturated heterocycles. The van der Waals surface area contributed by atoms with E-state index in [9.17, 15) is 4.79 Å². The topological polar surface area (TPSA) is 70.9 Å². The van der Waals surface area contributed by atoms with Gasteiger partial charge in [0.05, 0.1) is 0 Å². The highest BCUT2D eigenvalue weighted by molar-refractivity contribution is 7.98. The molecule has 1 aliphatic heterocycles. The molecule has 2 aromatic carbocycles. The lowest BCUT2D eigenvalue weighted by atomic mass is 9.94. The molecule has 0 aliphatic carbocycles. The third kappa shape index (κ3) is 4.32. The number of aromatic nitrogens is 1. The lowest BCUT2D eigenvalue weighted by Crippen LogP contribution is -2.33. The normalized spacial score (nSPS) is 16.9. The molecule has 0 spiro atoms. The van der Waals surface area contributed by atoms with Gasteiger partial charge in [0.15, 0.2) is 0 Å². The van der Waals surface area contributed by atoms with Gasteiger partial charge < -0.3 is 16.0 Å².